The molecule has 1 atom stereocenters. The number of nitrogens with zero attached hydrogens (tertiary/aromatic N) is 1. The largest absolute Gasteiger partial charge is 0.467 e. The Morgan fingerprint density at radius 3 is 2.95 bits per heavy atom. The summed E-state index contributed by atoms with van der Waals surface area (Å²) in [5, 5.41) is 5.36. The van der Waals surface area contributed by atoms with Crippen LogP contribution >= 0.6 is 11.8 Å². The molecule has 0 bridgehead atoms. The molecule has 1 aliphatic heterocycles. The van der Waals surface area contributed by atoms with Gasteiger partial charge in [-0.25, -0.2) is 0 Å². The van der Waals surface area contributed by atoms with Crippen molar-refractivity contribution in [2.45, 2.75) is 19.9 Å². The van der Waals surface area contributed by atoms with Crippen molar-refractivity contribution in [1.82, 2.24) is 10.6 Å². The highest BCUT2D eigenvalue weighted by Crippen LogP contribution is 2.14. The molecule has 2 rings (SSSR count). The topological polar surface area (TPSA) is 101 Å². The van der Waals surface area contributed by atoms with Gasteiger partial charge >= 0.3 is 0 Å². The number of hydrogen-bond donors (Lipinski definition) is 2. The van der Waals surface area contributed by atoms with Gasteiger partial charge in [0.25, 0.3) is 5.91 Å². The van der Waals surface area contributed by atoms with E-state index in [9.17, 15) is 14.4 Å². The van der Waals surface area contributed by atoms with Crippen LogP contribution in [0.1, 0.15) is 19.1 Å². The Kier molecular flexibility index (Phi) is 5.15. The van der Waals surface area contributed by atoms with E-state index in [0.717, 1.165) is 11.8 Å². The molecule has 1 aliphatic rings. The van der Waals surface area contributed by atoms with Crippen LogP contribution in [0.3, 0.4) is 0 Å². The fourth-order valence-corrected chi connectivity index (χ4v) is 2.42. The van der Waals surface area contributed by atoms with Crippen molar-refractivity contribution < 1.29 is 18.8 Å². The van der Waals surface area contributed by atoms with E-state index in [1.165, 1.54) is 6.26 Å². The molecule has 1 aromatic heterocycles. The zero-order valence-electron chi connectivity index (χ0n) is 11.4. The number of rotatable bonds is 5. The Morgan fingerprint density at radius 2 is 2.33 bits per heavy atom. The second-order valence-corrected chi connectivity index (χ2v) is 5.31. The van der Waals surface area contributed by atoms with Crippen LogP contribution < -0.4 is 10.6 Å². The lowest BCUT2D eigenvalue weighted by molar-refractivity contribution is -0.133. The van der Waals surface area contributed by atoms with Gasteiger partial charge < -0.3 is 15.1 Å². The molecule has 0 radical (unpaired) electrons. The van der Waals surface area contributed by atoms with Crippen LogP contribution in [-0.4, -0.2) is 28.6 Å². The third-order valence-electron chi connectivity index (χ3n) is 2.84. The summed E-state index contributed by atoms with van der Waals surface area (Å²) in [6.07, 6.45) is 1.94. The van der Waals surface area contributed by atoms with Crippen LogP contribution in [0.2, 0.25) is 0 Å². The van der Waals surface area contributed by atoms with E-state index in [2.05, 4.69) is 15.6 Å². The number of amidine groups is 1. The summed E-state index contributed by atoms with van der Waals surface area (Å²) < 4.78 is 5.08. The van der Waals surface area contributed by atoms with E-state index >= 15 is 0 Å². The van der Waals surface area contributed by atoms with E-state index in [1.54, 1.807) is 19.1 Å². The monoisotopic (exact) mass is 309 g/mol. The molecule has 0 saturated carbocycles. The second-order valence-electron chi connectivity index (χ2n) is 4.35. The summed E-state index contributed by atoms with van der Waals surface area (Å²) in [5.74, 6) is -1.07. The number of amides is 3. The number of aliphatic imine (C=N–C) groups is 1. The normalized spacial score (nSPS) is 18.1. The molecule has 0 fully saturated rings. The number of hydrogen-bond acceptors (Lipinski definition) is 5. The predicted octanol–water partition coefficient (Wildman–Crippen LogP) is 0.668. The molecule has 1 aromatic rings. The lowest BCUT2D eigenvalue weighted by atomic mass is 10.0. The Bertz CT molecular complexity index is 568. The van der Waals surface area contributed by atoms with Gasteiger partial charge in [0.2, 0.25) is 11.8 Å². The first-order chi connectivity index (χ1) is 10.1. The molecule has 8 heteroatoms. The SMILES string of the molecule is CC[C@@H]1C(=O)N=C(SCC(=O)NCc2ccco2)NC1=O. The van der Waals surface area contributed by atoms with Crippen LogP contribution in [0.4, 0.5) is 0 Å². The van der Waals surface area contributed by atoms with E-state index < -0.39 is 11.8 Å². The van der Waals surface area contributed by atoms with Gasteiger partial charge in [0.05, 0.1) is 18.6 Å². The van der Waals surface area contributed by atoms with Crippen molar-refractivity contribution in [1.29, 1.82) is 0 Å². The molecule has 112 valence electrons. The van der Waals surface area contributed by atoms with Crippen molar-refractivity contribution in [2.24, 2.45) is 10.9 Å². The van der Waals surface area contributed by atoms with E-state index in [-0.39, 0.29) is 22.7 Å². The first kappa shape index (κ1) is 15.3. The molecule has 0 spiro atoms. The number of carbonyl (C=O) groups is 3. The Hall–Kier alpha value is -2.09. The van der Waals surface area contributed by atoms with Crippen LogP contribution in [-0.2, 0) is 20.9 Å². The number of nitrogens with one attached hydrogen (secondary N) is 2. The maximum atomic E-state index is 11.6. The first-order valence-electron chi connectivity index (χ1n) is 6.45. The molecule has 2 heterocycles. The van der Waals surface area contributed by atoms with Crippen LogP contribution in [0.25, 0.3) is 0 Å². The Balaban J connectivity index is 1.79. The Labute approximate surface area is 125 Å². The molecule has 0 unspecified atom stereocenters. The van der Waals surface area contributed by atoms with Gasteiger partial charge in [-0.3, -0.25) is 14.4 Å². The molecule has 0 aromatic carbocycles. The highest BCUT2D eigenvalue weighted by Gasteiger charge is 2.30. The van der Waals surface area contributed by atoms with Gasteiger partial charge in [-0.15, -0.1) is 0 Å². The lowest BCUT2D eigenvalue weighted by Gasteiger charge is -2.18. The Morgan fingerprint density at radius 1 is 1.52 bits per heavy atom. The highest BCUT2D eigenvalue weighted by molar-refractivity contribution is 8.14. The van der Waals surface area contributed by atoms with Crippen LogP contribution in [0.15, 0.2) is 27.8 Å². The van der Waals surface area contributed by atoms with Crippen molar-refractivity contribution in [3.05, 3.63) is 24.2 Å². The molecule has 0 aliphatic carbocycles. The number of carbonyl (C=O) groups excluding carboxylic acids is 3. The summed E-state index contributed by atoms with van der Waals surface area (Å²) in [5.41, 5.74) is 0. The predicted molar refractivity (Wildman–Crippen MR) is 77.4 cm³/mol. The summed E-state index contributed by atoms with van der Waals surface area (Å²) in [6, 6.07) is 3.49. The molecule has 21 heavy (non-hydrogen) atoms. The number of thioether (sulfide) groups is 1. The maximum absolute atomic E-state index is 11.6. The van der Waals surface area contributed by atoms with Gasteiger partial charge in [0.15, 0.2) is 5.17 Å². The second kappa shape index (κ2) is 7.07. The summed E-state index contributed by atoms with van der Waals surface area (Å²) >= 11 is 1.02. The van der Waals surface area contributed by atoms with Gasteiger partial charge in [-0.1, -0.05) is 18.7 Å². The maximum Gasteiger partial charge on any atom is 0.260 e. The molecule has 2 N–H and O–H groups in total. The zero-order chi connectivity index (χ0) is 15.2. The lowest BCUT2D eigenvalue weighted by Crippen LogP contribution is -2.43. The van der Waals surface area contributed by atoms with E-state index in [4.69, 9.17) is 4.42 Å². The molecule has 3 amide bonds. The minimum Gasteiger partial charge on any atom is -0.467 e. The quantitative estimate of drug-likeness (QED) is 0.778. The molecule has 7 nitrogen and oxygen atoms in total. The van der Waals surface area contributed by atoms with Crippen molar-refractivity contribution in [3.63, 3.8) is 0 Å². The van der Waals surface area contributed by atoms with Crippen molar-refractivity contribution >= 4 is 34.7 Å². The summed E-state index contributed by atoms with van der Waals surface area (Å²) in [4.78, 5) is 38.6. The van der Waals surface area contributed by atoms with Crippen LogP contribution in [0.5, 0.6) is 0 Å². The van der Waals surface area contributed by atoms with Crippen molar-refractivity contribution in [2.75, 3.05) is 5.75 Å². The van der Waals surface area contributed by atoms with Crippen molar-refractivity contribution in [3.8, 4) is 0 Å². The minimum absolute atomic E-state index is 0.0594. The summed E-state index contributed by atoms with van der Waals surface area (Å²) in [6.45, 7) is 2.04. The highest BCUT2D eigenvalue weighted by atomic mass is 32.2. The molecular weight excluding hydrogens is 294 g/mol. The average Bonchev–Trinajstić information content (AvgIpc) is 2.96. The minimum atomic E-state index is -0.720. The fraction of sp³-hybridized carbons (Fsp3) is 0.385. The smallest absolute Gasteiger partial charge is 0.260 e. The molecular formula is C13H15N3O4S. The van der Waals surface area contributed by atoms with Crippen LogP contribution in [0, 0.1) is 5.92 Å². The van der Waals surface area contributed by atoms with Gasteiger partial charge in [-0.05, 0) is 18.6 Å². The first-order valence-corrected chi connectivity index (χ1v) is 7.44. The van der Waals surface area contributed by atoms with Gasteiger partial charge in [-0.2, -0.15) is 4.99 Å². The fourth-order valence-electron chi connectivity index (χ4n) is 1.72. The number of furan rings is 1. The average molecular weight is 309 g/mol. The third-order valence-corrected chi connectivity index (χ3v) is 3.72. The van der Waals surface area contributed by atoms with E-state index in [0.29, 0.717) is 18.7 Å². The van der Waals surface area contributed by atoms with Gasteiger partial charge in [0.1, 0.15) is 11.7 Å². The molecule has 0 saturated heterocycles. The van der Waals surface area contributed by atoms with Gasteiger partial charge in [0, 0.05) is 0 Å². The third kappa shape index (κ3) is 4.19. The van der Waals surface area contributed by atoms with E-state index in [1.807, 2.05) is 0 Å². The summed E-state index contributed by atoms with van der Waals surface area (Å²) in [7, 11) is 0. The zero-order valence-corrected chi connectivity index (χ0v) is 12.2. The standard InChI is InChI=1S/C13H15N3O4S/c1-2-9-11(18)15-13(16-12(9)19)21-7-10(17)14-6-8-4-3-5-20-8/h3-5,9H,2,6-7H2,1H3,(H,14,17)(H,15,16,18,19).